The molecule has 0 spiro atoms. The van der Waals surface area contributed by atoms with Crippen LogP contribution < -0.4 is 16.8 Å². The highest BCUT2D eigenvalue weighted by atomic mass is 16.6. The fourth-order valence-electron chi connectivity index (χ4n) is 3.96. The molecule has 0 bridgehead atoms. The zero-order valence-corrected chi connectivity index (χ0v) is 19.4. The monoisotopic (exact) mass is 495 g/mol. The Labute approximate surface area is 204 Å². The van der Waals surface area contributed by atoms with E-state index in [0.717, 1.165) is 5.56 Å². The Kier molecular flexibility index (Phi) is 6.30. The average molecular weight is 496 g/mol. The minimum absolute atomic E-state index is 0.0649. The number of benzene rings is 1. The summed E-state index contributed by atoms with van der Waals surface area (Å²) in [5.41, 5.74) is 14.3. The van der Waals surface area contributed by atoms with Crippen molar-refractivity contribution in [2.45, 2.75) is 38.3 Å². The number of aliphatic hydroxyl groups is 1. The molecule has 0 radical (unpaired) electrons. The largest absolute Gasteiger partial charge is 0.457 e. The van der Waals surface area contributed by atoms with E-state index in [1.165, 1.54) is 4.80 Å². The van der Waals surface area contributed by atoms with Gasteiger partial charge >= 0.3 is 0 Å². The number of aryl methyl sites for hydroxylation is 1. The second-order valence-corrected chi connectivity index (χ2v) is 8.12. The van der Waals surface area contributed by atoms with E-state index in [2.05, 4.69) is 35.7 Å². The predicted octanol–water partition coefficient (Wildman–Crippen LogP) is -0.250. The lowest BCUT2D eigenvalue weighted by Gasteiger charge is -2.21. The number of carbonyl (C=O) groups is 1. The summed E-state index contributed by atoms with van der Waals surface area (Å²) >= 11 is 0. The fourth-order valence-corrected chi connectivity index (χ4v) is 3.96. The van der Waals surface area contributed by atoms with Gasteiger partial charge in [0.2, 0.25) is 11.8 Å². The van der Waals surface area contributed by atoms with Crippen LogP contribution in [0.5, 0.6) is 0 Å². The molecule has 1 saturated heterocycles. The number of nitrogens with one attached hydrogen (secondary N) is 1. The number of nitrogen functional groups attached to an aromatic ring is 2. The van der Waals surface area contributed by atoms with E-state index in [0.29, 0.717) is 30.8 Å². The summed E-state index contributed by atoms with van der Waals surface area (Å²) in [6, 6.07) is 7.57. The van der Waals surface area contributed by atoms with Crippen LogP contribution in [0.4, 0.5) is 17.5 Å². The van der Waals surface area contributed by atoms with Crippen LogP contribution in [-0.2, 0) is 27.2 Å². The van der Waals surface area contributed by atoms with Crippen LogP contribution in [0.15, 0.2) is 24.3 Å². The summed E-state index contributed by atoms with van der Waals surface area (Å²) in [6.45, 7) is 3.08. The van der Waals surface area contributed by atoms with Crippen LogP contribution >= 0.6 is 0 Å². The second-order valence-electron chi connectivity index (χ2n) is 8.12. The Morgan fingerprint density at radius 2 is 2.06 bits per heavy atom. The number of ether oxygens (including phenoxy) is 2. The Bertz CT molecular complexity index is 1370. The number of hydrogen-bond donors (Lipinski definition) is 4. The van der Waals surface area contributed by atoms with E-state index in [9.17, 15) is 9.90 Å². The Hall–Kier alpha value is -4.37. The van der Waals surface area contributed by atoms with Gasteiger partial charge in [-0.3, -0.25) is 9.36 Å². The van der Waals surface area contributed by atoms with Crippen LogP contribution in [0.3, 0.4) is 0 Å². The molecule has 3 aromatic heterocycles. The van der Waals surface area contributed by atoms with E-state index in [1.807, 2.05) is 31.2 Å². The summed E-state index contributed by atoms with van der Waals surface area (Å²) in [4.78, 5) is 26.0. The number of fused-ring (bicyclic) bond motifs is 1. The molecule has 0 amide bonds. The Morgan fingerprint density at radius 1 is 1.25 bits per heavy atom. The molecule has 15 heteroatoms. The van der Waals surface area contributed by atoms with Gasteiger partial charge in [-0.15, -0.1) is 10.2 Å². The highest BCUT2D eigenvalue weighted by molar-refractivity contribution is 5.86. The number of rotatable bonds is 9. The first-order chi connectivity index (χ1) is 17.5. The zero-order chi connectivity index (χ0) is 25.2. The molecule has 6 N–H and O–H groups in total. The number of nitrogens with zero attached hydrogens (tertiary/aromatic N) is 8. The maximum absolute atomic E-state index is 11.1. The van der Waals surface area contributed by atoms with Crippen LogP contribution in [0.25, 0.3) is 22.8 Å². The number of imidazole rings is 1. The molecule has 1 fully saturated rings. The molecular weight excluding hydrogens is 470 g/mol. The number of hydrogen-bond acceptors (Lipinski definition) is 13. The third kappa shape index (κ3) is 4.36. The van der Waals surface area contributed by atoms with Crippen LogP contribution in [0.1, 0.15) is 18.7 Å². The number of aliphatic hydroxyl groups excluding tert-OH is 1. The first-order valence-electron chi connectivity index (χ1n) is 11.3. The van der Waals surface area contributed by atoms with Gasteiger partial charge in [-0.2, -0.15) is 14.8 Å². The average Bonchev–Trinajstić information content (AvgIpc) is 3.58. The number of tetrazole rings is 1. The SMILES string of the molecule is CCn1nnc(-c2nc3c(N)nc(NCCc4ccc(N)cc4)nc3n2[C@@H]2OC[C@H](O)[C@H]2OC=O)n1. The normalized spacial score (nSPS) is 19.6. The second kappa shape index (κ2) is 9.71. The molecule has 188 valence electrons. The number of nitrogens with two attached hydrogens (primary N) is 2. The summed E-state index contributed by atoms with van der Waals surface area (Å²) in [5.74, 6) is 0.786. The fraction of sp³-hybridized carbons (Fsp3) is 0.381. The van der Waals surface area contributed by atoms with Gasteiger partial charge in [-0.1, -0.05) is 12.1 Å². The van der Waals surface area contributed by atoms with Gasteiger partial charge < -0.3 is 31.4 Å². The molecule has 1 aliphatic heterocycles. The van der Waals surface area contributed by atoms with Gasteiger partial charge in [-0.05, 0) is 36.3 Å². The van der Waals surface area contributed by atoms with E-state index in [1.54, 1.807) is 4.57 Å². The van der Waals surface area contributed by atoms with E-state index in [4.69, 9.17) is 20.9 Å². The lowest BCUT2D eigenvalue weighted by molar-refractivity contribution is -0.142. The van der Waals surface area contributed by atoms with Crippen molar-refractivity contribution in [3.63, 3.8) is 0 Å². The van der Waals surface area contributed by atoms with E-state index < -0.39 is 18.4 Å². The molecule has 3 atom stereocenters. The van der Waals surface area contributed by atoms with Crippen molar-refractivity contribution in [3.8, 4) is 11.6 Å². The standard InChI is InChI=1S/C21H25N11O4/c1-2-31-29-17(28-30-31)19-25-14-16(23)26-21(24-8-7-11-3-5-12(22)6-4-11)27-18(14)32(19)20-15(36-10-33)13(34)9-35-20/h3-6,10,13,15,20,34H,2,7-9,22H2,1H3,(H3,23,24,26,27)/t13-,15+,20+/m0/s1. The van der Waals surface area contributed by atoms with Crippen LogP contribution in [0.2, 0.25) is 0 Å². The van der Waals surface area contributed by atoms with Crippen molar-refractivity contribution in [2.75, 3.05) is 29.9 Å². The smallest absolute Gasteiger partial charge is 0.293 e. The van der Waals surface area contributed by atoms with Crippen LogP contribution in [-0.4, -0.2) is 76.7 Å². The van der Waals surface area contributed by atoms with Crippen LogP contribution in [0, 0.1) is 0 Å². The Balaban J connectivity index is 1.54. The predicted molar refractivity (Wildman–Crippen MR) is 127 cm³/mol. The third-order valence-corrected chi connectivity index (χ3v) is 5.74. The first kappa shape index (κ1) is 23.4. The summed E-state index contributed by atoms with van der Waals surface area (Å²) < 4.78 is 12.5. The lowest BCUT2D eigenvalue weighted by Crippen LogP contribution is -2.31. The number of carbonyl (C=O) groups excluding carboxylic acids is 1. The zero-order valence-electron chi connectivity index (χ0n) is 19.4. The molecule has 36 heavy (non-hydrogen) atoms. The number of aromatic nitrogens is 8. The van der Waals surface area contributed by atoms with Crippen molar-refractivity contribution in [1.82, 2.24) is 39.7 Å². The topological polar surface area (TPSA) is 207 Å². The van der Waals surface area contributed by atoms with Crippen molar-refractivity contribution in [2.24, 2.45) is 0 Å². The lowest BCUT2D eigenvalue weighted by atomic mass is 10.1. The van der Waals surface area contributed by atoms with E-state index >= 15 is 0 Å². The highest BCUT2D eigenvalue weighted by Crippen LogP contribution is 2.35. The molecule has 1 aliphatic rings. The van der Waals surface area contributed by atoms with Crippen molar-refractivity contribution in [1.29, 1.82) is 0 Å². The highest BCUT2D eigenvalue weighted by Gasteiger charge is 2.42. The maximum Gasteiger partial charge on any atom is 0.293 e. The first-order valence-corrected chi connectivity index (χ1v) is 11.3. The molecule has 1 aromatic carbocycles. The van der Waals surface area contributed by atoms with Crippen molar-refractivity contribution >= 4 is 35.1 Å². The molecule has 0 unspecified atom stereocenters. The molecule has 0 aliphatic carbocycles. The summed E-state index contributed by atoms with van der Waals surface area (Å²) in [6.07, 6.45) is -2.33. The summed E-state index contributed by atoms with van der Waals surface area (Å²) in [5, 5.41) is 25.9. The molecular formula is C21H25N11O4. The van der Waals surface area contributed by atoms with Crippen molar-refractivity contribution < 1.29 is 19.4 Å². The molecule has 5 rings (SSSR count). The van der Waals surface area contributed by atoms with Gasteiger partial charge in [0, 0.05) is 12.2 Å². The van der Waals surface area contributed by atoms with Gasteiger partial charge in [0.1, 0.15) is 6.10 Å². The number of anilines is 3. The van der Waals surface area contributed by atoms with Gasteiger partial charge in [0.05, 0.1) is 13.2 Å². The van der Waals surface area contributed by atoms with Gasteiger partial charge in [-0.25, -0.2) is 4.98 Å². The molecule has 4 aromatic rings. The van der Waals surface area contributed by atoms with Gasteiger partial charge in [0.25, 0.3) is 6.47 Å². The quantitative estimate of drug-likeness (QED) is 0.175. The minimum atomic E-state index is -1.05. The Morgan fingerprint density at radius 3 is 2.78 bits per heavy atom. The molecule has 0 saturated carbocycles. The van der Waals surface area contributed by atoms with Gasteiger partial charge in [0.15, 0.2) is 35.1 Å². The molecule has 4 heterocycles. The summed E-state index contributed by atoms with van der Waals surface area (Å²) in [7, 11) is 0. The maximum atomic E-state index is 11.1. The van der Waals surface area contributed by atoms with Crippen molar-refractivity contribution in [3.05, 3.63) is 29.8 Å². The van der Waals surface area contributed by atoms with E-state index in [-0.39, 0.29) is 42.0 Å². The molecule has 15 nitrogen and oxygen atoms in total. The third-order valence-electron chi connectivity index (χ3n) is 5.74. The minimum Gasteiger partial charge on any atom is -0.457 e.